The minimum Gasteiger partial charge on any atom is -0.340 e. The number of aromatic amines is 1. The van der Waals surface area contributed by atoms with Gasteiger partial charge in [-0.2, -0.15) is 0 Å². The number of piperidine rings is 3. The van der Waals surface area contributed by atoms with Crippen molar-refractivity contribution in [1.82, 2.24) is 25.1 Å². The van der Waals surface area contributed by atoms with Crippen LogP contribution in [0.25, 0.3) is 0 Å². The number of fused-ring (bicyclic) bond motifs is 5. The van der Waals surface area contributed by atoms with Crippen LogP contribution in [0.2, 0.25) is 0 Å². The van der Waals surface area contributed by atoms with Gasteiger partial charge in [-0.1, -0.05) is 0 Å². The molecule has 3 saturated heterocycles. The molecule has 3 fully saturated rings. The molecule has 156 valence electrons. The molecule has 2 N–H and O–H groups in total. The van der Waals surface area contributed by atoms with Crippen LogP contribution in [-0.4, -0.2) is 69.8 Å². The average Bonchev–Trinajstić information content (AvgIpc) is 2.92. The van der Waals surface area contributed by atoms with E-state index in [-0.39, 0.29) is 35.4 Å². The Kier molecular flexibility index (Phi) is 4.69. The van der Waals surface area contributed by atoms with Gasteiger partial charge in [-0.05, 0) is 45.1 Å². The van der Waals surface area contributed by atoms with E-state index in [0.717, 1.165) is 38.0 Å². The molecule has 1 aromatic rings. The van der Waals surface area contributed by atoms with E-state index in [0.29, 0.717) is 49.7 Å². The molecule has 29 heavy (non-hydrogen) atoms. The molecule has 1 aromatic heterocycles. The van der Waals surface area contributed by atoms with Crippen LogP contribution in [0.3, 0.4) is 0 Å². The highest BCUT2D eigenvalue weighted by Crippen LogP contribution is 2.40. The molecule has 2 amide bonds. The van der Waals surface area contributed by atoms with Crippen LogP contribution in [0.1, 0.15) is 42.8 Å². The van der Waals surface area contributed by atoms with Crippen molar-refractivity contribution in [2.75, 3.05) is 26.2 Å². The van der Waals surface area contributed by atoms with Crippen molar-refractivity contribution in [3.8, 4) is 0 Å². The number of amides is 2. The van der Waals surface area contributed by atoms with Crippen molar-refractivity contribution in [2.45, 2.75) is 57.5 Å². The number of aromatic nitrogens is 2. The Morgan fingerprint density at radius 3 is 2.76 bits per heavy atom. The van der Waals surface area contributed by atoms with Gasteiger partial charge in [0.1, 0.15) is 11.9 Å². The van der Waals surface area contributed by atoms with Crippen LogP contribution in [0.5, 0.6) is 0 Å². The number of hydrogen-bond donors (Lipinski definition) is 2. The van der Waals surface area contributed by atoms with Gasteiger partial charge in [0.05, 0.1) is 5.69 Å². The summed E-state index contributed by atoms with van der Waals surface area (Å²) in [5, 5.41) is 3.50. The minimum absolute atomic E-state index is 0.0540. The lowest BCUT2D eigenvalue weighted by Gasteiger charge is -2.54. The number of carbonyl (C=O) groups excluding carboxylic acids is 2. The summed E-state index contributed by atoms with van der Waals surface area (Å²) in [4.78, 5) is 50.0. The molecule has 0 spiro atoms. The van der Waals surface area contributed by atoms with Crippen molar-refractivity contribution in [3.63, 3.8) is 0 Å². The highest BCUT2D eigenvalue weighted by molar-refractivity contribution is 5.89. The lowest BCUT2D eigenvalue weighted by atomic mass is 9.72. The van der Waals surface area contributed by atoms with Crippen molar-refractivity contribution in [2.24, 2.45) is 11.8 Å². The fraction of sp³-hybridized carbons (Fsp3) is 0.714. The number of nitrogens with one attached hydrogen (secondary N) is 2. The lowest BCUT2D eigenvalue weighted by Crippen LogP contribution is -2.68. The first-order valence-electron chi connectivity index (χ1n) is 10.9. The number of carbonyl (C=O) groups is 2. The molecule has 4 aliphatic heterocycles. The Labute approximate surface area is 170 Å². The molecule has 5 rings (SSSR count). The van der Waals surface area contributed by atoms with Gasteiger partial charge in [-0.15, -0.1) is 0 Å². The molecule has 0 aromatic carbocycles. The van der Waals surface area contributed by atoms with Gasteiger partial charge in [-0.3, -0.25) is 14.4 Å². The van der Waals surface area contributed by atoms with Crippen LogP contribution in [0, 0.1) is 18.8 Å². The smallest absolute Gasteiger partial charge is 0.254 e. The maximum Gasteiger partial charge on any atom is 0.254 e. The largest absolute Gasteiger partial charge is 0.340 e. The van der Waals surface area contributed by atoms with Crippen molar-refractivity contribution in [1.29, 1.82) is 0 Å². The first kappa shape index (κ1) is 18.8. The molecule has 2 bridgehead atoms. The molecular formula is C21H29N5O3. The maximum atomic E-state index is 13.7. The number of H-pyrrole nitrogens is 1. The Morgan fingerprint density at radius 2 is 1.90 bits per heavy atom. The Bertz CT molecular complexity index is 897. The summed E-state index contributed by atoms with van der Waals surface area (Å²) in [5.41, 5.74) is 1.41. The van der Waals surface area contributed by atoms with E-state index in [4.69, 9.17) is 0 Å². The number of aryl methyl sites for hydroxylation is 1. The van der Waals surface area contributed by atoms with E-state index in [1.54, 1.807) is 6.92 Å². The van der Waals surface area contributed by atoms with E-state index in [1.165, 1.54) is 0 Å². The van der Waals surface area contributed by atoms with Crippen molar-refractivity contribution < 1.29 is 9.59 Å². The second-order valence-electron chi connectivity index (χ2n) is 9.02. The zero-order chi connectivity index (χ0) is 20.1. The lowest BCUT2D eigenvalue weighted by molar-refractivity contribution is -0.161. The molecule has 0 saturated carbocycles. The molecule has 8 heteroatoms. The summed E-state index contributed by atoms with van der Waals surface area (Å²) in [5.74, 6) is 1.44. The second-order valence-corrected chi connectivity index (χ2v) is 9.02. The van der Waals surface area contributed by atoms with Crippen LogP contribution in [0.4, 0.5) is 0 Å². The van der Waals surface area contributed by atoms with Crippen LogP contribution >= 0.6 is 0 Å². The minimum atomic E-state index is -0.369. The fourth-order valence-electron chi connectivity index (χ4n) is 5.97. The first-order chi connectivity index (χ1) is 14.0. The highest BCUT2D eigenvalue weighted by atomic mass is 16.2. The summed E-state index contributed by atoms with van der Waals surface area (Å²) in [7, 11) is 0. The van der Waals surface area contributed by atoms with Crippen molar-refractivity contribution >= 4 is 11.8 Å². The Hall–Kier alpha value is -2.22. The molecule has 0 unspecified atom stereocenters. The monoisotopic (exact) mass is 399 g/mol. The van der Waals surface area contributed by atoms with Gasteiger partial charge in [-0.25, -0.2) is 4.98 Å². The average molecular weight is 399 g/mol. The molecule has 4 aliphatic rings. The van der Waals surface area contributed by atoms with Crippen molar-refractivity contribution in [3.05, 3.63) is 27.4 Å². The maximum absolute atomic E-state index is 13.7. The van der Waals surface area contributed by atoms with Gasteiger partial charge in [0.25, 0.3) is 5.56 Å². The number of rotatable bonds is 1. The van der Waals surface area contributed by atoms with Gasteiger partial charge < -0.3 is 20.1 Å². The summed E-state index contributed by atoms with van der Waals surface area (Å²) < 4.78 is 0. The quantitative estimate of drug-likeness (QED) is 0.692. The fourth-order valence-corrected chi connectivity index (χ4v) is 5.97. The summed E-state index contributed by atoms with van der Waals surface area (Å²) >= 11 is 0. The number of nitrogens with zero attached hydrogens (tertiary/aromatic N) is 3. The summed E-state index contributed by atoms with van der Waals surface area (Å²) in [6, 6.07) is -0.184. The van der Waals surface area contributed by atoms with Crippen LogP contribution in [0.15, 0.2) is 4.79 Å². The molecule has 8 nitrogen and oxygen atoms in total. The SMILES string of the molecule is Cc1nc2c(c(=O)[nH]1)CCN(C(=O)[C@H]1[C@@H]3CNC[C@@H](C3)[C@@H]3CCCC(=O)N31)CC2. The molecular weight excluding hydrogens is 370 g/mol. The third kappa shape index (κ3) is 3.17. The number of hydrogen-bond acceptors (Lipinski definition) is 5. The molecule has 0 radical (unpaired) electrons. The van der Waals surface area contributed by atoms with E-state index in [1.807, 2.05) is 9.80 Å². The predicted molar refractivity (Wildman–Crippen MR) is 106 cm³/mol. The van der Waals surface area contributed by atoms with Crippen LogP contribution < -0.4 is 10.9 Å². The first-order valence-corrected chi connectivity index (χ1v) is 10.9. The predicted octanol–water partition coefficient (Wildman–Crippen LogP) is -0.00548. The van der Waals surface area contributed by atoms with Gasteiger partial charge >= 0.3 is 0 Å². The van der Waals surface area contributed by atoms with E-state index >= 15 is 0 Å². The van der Waals surface area contributed by atoms with Gasteiger partial charge in [0.2, 0.25) is 11.8 Å². The van der Waals surface area contributed by atoms with E-state index in [9.17, 15) is 14.4 Å². The van der Waals surface area contributed by atoms with Gasteiger partial charge in [0, 0.05) is 50.0 Å². The third-order valence-corrected chi connectivity index (χ3v) is 7.28. The summed E-state index contributed by atoms with van der Waals surface area (Å²) in [6.45, 7) is 4.57. The molecule has 0 aliphatic carbocycles. The molecule has 5 heterocycles. The molecule has 4 atom stereocenters. The standard InChI is InChI=1S/C21H29N5O3/c1-12-23-16-6-8-25(7-5-15(16)20(28)24-12)21(29)19-14-9-13(10-22-11-14)17-3-2-4-18(27)26(17)19/h13-14,17,19,22H,2-11H2,1H3,(H,23,24,28)/t13-,14+,17+,19-/m1/s1. The van der Waals surface area contributed by atoms with Gasteiger partial charge in [0.15, 0.2) is 0 Å². The van der Waals surface area contributed by atoms with Crippen LogP contribution in [-0.2, 0) is 22.4 Å². The second kappa shape index (κ2) is 7.23. The Morgan fingerprint density at radius 1 is 1.10 bits per heavy atom. The zero-order valence-corrected chi connectivity index (χ0v) is 16.9. The van der Waals surface area contributed by atoms with E-state index in [2.05, 4.69) is 15.3 Å². The zero-order valence-electron chi connectivity index (χ0n) is 16.9. The third-order valence-electron chi connectivity index (χ3n) is 7.28. The topological polar surface area (TPSA) is 98.4 Å². The Balaban J connectivity index is 1.41. The van der Waals surface area contributed by atoms with E-state index < -0.39 is 0 Å². The highest BCUT2D eigenvalue weighted by Gasteiger charge is 2.51. The summed E-state index contributed by atoms with van der Waals surface area (Å²) in [6.07, 6.45) is 4.60. The normalized spacial score (nSPS) is 31.7.